The fourth-order valence-electron chi connectivity index (χ4n) is 1.08. The summed E-state index contributed by atoms with van der Waals surface area (Å²) in [6, 6.07) is 0. The number of hydrogen-bond acceptors (Lipinski definition) is 0. The highest BCUT2D eigenvalue weighted by Gasteiger charge is 1.98. The van der Waals surface area contributed by atoms with Gasteiger partial charge in [-0.2, -0.15) is 0 Å². The number of hydrogen-bond donors (Lipinski definition) is 0. The van der Waals surface area contributed by atoms with E-state index in [-0.39, 0.29) is 0 Å². The predicted molar refractivity (Wildman–Crippen MR) is 52.7 cm³/mol. The van der Waals surface area contributed by atoms with Gasteiger partial charge in [-0.3, -0.25) is 0 Å². The van der Waals surface area contributed by atoms with Crippen LogP contribution in [0.25, 0.3) is 0 Å². The molecule has 0 aromatic carbocycles. The van der Waals surface area contributed by atoms with Crippen LogP contribution in [0.3, 0.4) is 0 Å². The zero-order chi connectivity index (χ0) is 8.69. The molecule has 0 spiro atoms. The molecule has 0 fully saturated rings. The quantitative estimate of drug-likeness (QED) is 0.504. The molecule has 0 rings (SSSR count). The molecule has 1 atom stereocenters. The van der Waals surface area contributed by atoms with Crippen molar-refractivity contribution in [2.45, 2.75) is 52.9 Å². The highest BCUT2D eigenvalue weighted by atomic mass is 14.0. The smallest absolute Gasteiger partial charge is 0.0323 e. The van der Waals surface area contributed by atoms with Crippen molar-refractivity contribution in [3.63, 3.8) is 0 Å². The first-order valence-corrected chi connectivity index (χ1v) is 4.87. The van der Waals surface area contributed by atoms with Crippen molar-refractivity contribution >= 4 is 0 Å². The number of rotatable bonds is 6. The van der Waals surface area contributed by atoms with Crippen LogP contribution in [0.5, 0.6) is 0 Å². The van der Waals surface area contributed by atoms with Gasteiger partial charge in [0.15, 0.2) is 0 Å². The van der Waals surface area contributed by atoms with Gasteiger partial charge in [-0.25, -0.2) is 0 Å². The fraction of sp³-hybridized carbons (Fsp3) is 0.818. The first-order valence-electron chi connectivity index (χ1n) is 4.87. The Hall–Kier alpha value is -0.260. The van der Waals surface area contributed by atoms with Crippen molar-refractivity contribution in [3.8, 4) is 0 Å². The topological polar surface area (TPSA) is 0 Å². The molecule has 0 aromatic rings. The summed E-state index contributed by atoms with van der Waals surface area (Å²) in [4.78, 5) is 0. The third-order valence-electron chi connectivity index (χ3n) is 2.42. The summed E-state index contributed by atoms with van der Waals surface area (Å²) in [6.07, 6.45) is 6.41. The van der Waals surface area contributed by atoms with Gasteiger partial charge in [-0.1, -0.05) is 45.8 Å². The first kappa shape index (κ1) is 10.7. The highest BCUT2D eigenvalue weighted by molar-refractivity contribution is 4.91. The van der Waals surface area contributed by atoms with E-state index >= 15 is 0 Å². The molecule has 0 heterocycles. The molecule has 66 valence electrons. The van der Waals surface area contributed by atoms with Crippen molar-refractivity contribution < 1.29 is 0 Å². The predicted octanol–water partition coefficient (Wildman–Crippen LogP) is 4.17. The normalized spacial score (nSPS) is 13.0. The average Bonchev–Trinajstić information content (AvgIpc) is 2.04. The van der Waals surface area contributed by atoms with Crippen LogP contribution in [0.4, 0.5) is 0 Å². The van der Waals surface area contributed by atoms with Gasteiger partial charge < -0.3 is 0 Å². The van der Waals surface area contributed by atoms with Crippen LogP contribution >= 0.6 is 0 Å². The second kappa shape index (κ2) is 6.45. The lowest BCUT2D eigenvalue weighted by Gasteiger charge is -2.07. The Bertz CT molecular complexity index is 103. The lowest BCUT2D eigenvalue weighted by molar-refractivity contribution is 0.494. The fourth-order valence-corrected chi connectivity index (χ4v) is 1.08. The van der Waals surface area contributed by atoms with E-state index in [4.69, 9.17) is 0 Å². The van der Waals surface area contributed by atoms with E-state index in [9.17, 15) is 0 Å². The summed E-state index contributed by atoms with van der Waals surface area (Å²) in [5.74, 6) is 0.902. The lowest BCUT2D eigenvalue weighted by Crippen LogP contribution is -1.92. The van der Waals surface area contributed by atoms with Gasteiger partial charge in [-0.15, -0.1) is 0 Å². The van der Waals surface area contributed by atoms with Crippen LogP contribution in [0.2, 0.25) is 0 Å². The minimum atomic E-state index is 0.902. The summed E-state index contributed by atoms with van der Waals surface area (Å²) in [6.45, 7) is 10.8. The molecule has 0 saturated carbocycles. The zero-order valence-corrected chi connectivity index (χ0v) is 8.32. The maximum Gasteiger partial charge on any atom is -0.0323 e. The standard InChI is InChI=1S/C11H22/c1-5-10(3)8-7-9-11(4)6-2/h11H,3,5-9H2,1-2,4H3. The summed E-state index contributed by atoms with van der Waals surface area (Å²) >= 11 is 0. The Kier molecular flexibility index (Phi) is 6.30. The summed E-state index contributed by atoms with van der Waals surface area (Å²) in [5, 5.41) is 0. The first-order chi connectivity index (χ1) is 5.20. The van der Waals surface area contributed by atoms with Crippen LogP contribution in [-0.4, -0.2) is 0 Å². The van der Waals surface area contributed by atoms with Gasteiger partial charge in [0.2, 0.25) is 0 Å². The van der Waals surface area contributed by atoms with E-state index in [2.05, 4.69) is 27.4 Å². The van der Waals surface area contributed by atoms with Crippen molar-refractivity contribution in [1.29, 1.82) is 0 Å². The van der Waals surface area contributed by atoms with Gasteiger partial charge in [0, 0.05) is 0 Å². The molecule has 0 saturated heterocycles. The van der Waals surface area contributed by atoms with Crippen LogP contribution in [0, 0.1) is 5.92 Å². The summed E-state index contributed by atoms with van der Waals surface area (Å²) < 4.78 is 0. The van der Waals surface area contributed by atoms with Crippen molar-refractivity contribution in [3.05, 3.63) is 12.2 Å². The van der Waals surface area contributed by atoms with Crippen LogP contribution < -0.4 is 0 Å². The van der Waals surface area contributed by atoms with E-state index < -0.39 is 0 Å². The van der Waals surface area contributed by atoms with Crippen LogP contribution in [-0.2, 0) is 0 Å². The van der Waals surface area contributed by atoms with Crippen molar-refractivity contribution in [2.24, 2.45) is 5.92 Å². The van der Waals surface area contributed by atoms with Gasteiger partial charge in [0.1, 0.15) is 0 Å². The molecule has 0 aliphatic carbocycles. The third kappa shape index (κ3) is 6.15. The Labute approximate surface area is 71.7 Å². The molecule has 0 bridgehead atoms. The highest BCUT2D eigenvalue weighted by Crippen LogP contribution is 2.14. The Morgan fingerprint density at radius 1 is 1.36 bits per heavy atom. The zero-order valence-electron chi connectivity index (χ0n) is 8.32. The van der Waals surface area contributed by atoms with Gasteiger partial charge in [0.05, 0.1) is 0 Å². The monoisotopic (exact) mass is 154 g/mol. The molecule has 1 unspecified atom stereocenters. The van der Waals surface area contributed by atoms with Gasteiger partial charge in [0.25, 0.3) is 0 Å². The van der Waals surface area contributed by atoms with E-state index in [1.165, 1.54) is 31.3 Å². The van der Waals surface area contributed by atoms with E-state index in [1.807, 2.05) is 0 Å². The summed E-state index contributed by atoms with van der Waals surface area (Å²) in [5.41, 5.74) is 1.41. The molecule has 0 heteroatoms. The van der Waals surface area contributed by atoms with Crippen LogP contribution in [0.15, 0.2) is 12.2 Å². The molecule has 0 amide bonds. The van der Waals surface area contributed by atoms with Gasteiger partial charge in [-0.05, 0) is 25.2 Å². The Balaban J connectivity index is 3.20. The van der Waals surface area contributed by atoms with E-state index in [0.717, 1.165) is 12.3 Å². The minimum Gasteiger partial charge on any atom is -0.0999 e. The lowest BCUT2D eigenvalue weighted by atomic mass is 9.99. The Morgan fingerprint density at radius 3 is 2.45 bits per heavy atom. The summed E-state index contributed by atoms with van der Waals surface area (Å²) in [7, 11) is 0. The molecule has 0 N–H and O–H groups in total. The molecule has 0 radical (unpaired) electrons. The molecule has 0 nitrogen and oxygen atoms in total. The molecule has 0 aliphatic rings. The Morgan fingerprint density at radius 2 is 2.00 bits per heavy atom. The molecular formula is C11H22. The van der Waals surface area contributed by atoms with E-state index in [0.29, 0.717) is 0 Å². The number of allylic oxidation sites excluding steroid dienone is 1. The van der Waals surface area contributed by atoms with Crippen LogP contribution in [0.1, 0.15) is 52.9 Å². The van der Waals surface area contributed by atoms with Crippen molar-refractivity contribution in [1.82, 2.24) is 0 Å². The van der Waals surface area contributed by atoms with E-state index in [1.54, 1.807) is 0 Å². The molecule has 0 aliphatic heterocycles. The largest absolute Gasteiger partial charge is 0.0999 e. The van der Waals surface area contributed by atoms with Gasteiger partial charge >= 0.3 is 0 Å². The minimum absolute atomic E-state index is 0.902. The molecular weight excluding hydrogens is 132 g/mol. The molecule has 0 aromatic heterocycles. The second-order valence-electron chi connectivity index (χ2n) is 3.51. The maximum absolute atomic E-state index is 4.00. The third-order valence-corrected chi connectivity index (χ3v) is 2.42. The maximum atomic E-state index is 4.00. The SMILES string of the molecule is C=C(CC)CCCC(C)CC. The average molecular weight is 154 g/mol. The second-order valence-corrected chi connectivity index (χ2v) is 3.51. The van der Waals surface area contributed by atoms with Crippen molar-refractivity contribution in [2.75, 3.05) is 0 Å². The molecule has 11 heavy (non-hydrogen) atoms.